The van der Waals surface area contributed by atoms with Crippen molar-refractivity contribution in [2.75, 3.05) is 4.90 Å². The van der Waals surface area contributed by atoms with Crippen LogP contribution in [0.25, 0.3) is 0 Å². The largest absolute Gasteiger partial charge is 0.488 e. The number of allylic oxidation sites excluding steroid dienone is 3. The van der Waals surface area contributed by atoms with Crippen molar-refractivity contribution in [3.63, 3.8) is 0 Å². The minimum absolute atomic E-state index is 0.0200. The van der Waals surface area contributed by atoms with Crippen LogP contribution in [0.1, 0.15) is 47.4 Å². The van der Waals surface area contributed by atoms with Gasteiger partial charge in [0.05, 0.1) is 27.7 Å². The summed E-state index contributed by atoms with van der Waals surface area (Å²) in [5.74, 6) is 0.460. The summed E-state index contributed by atoms with van der Waals surface area (Å²) in [5, 5.41) is 11.3. The Morgan fingerprint density at radius 3 is 2.51 bits per heavy atom. The molecule has 0 saturated heterocycles. The van der Waals surface area contributed by atoms with Gasteiger partial charge in [0.2, 0.25) is 0 Å². The fourth-order valence-electron chi connectivity index (χ4n) is 5.49. The van der Waals surface area contributed by atoms with Crippen molar-refractivity contribution >= 4 is 50.6 Å². The first-order valence-electron chi connectivity index (χ1n) is 12.6. The normalized spacial score (nSPS) is 17.3. The van der Waals surface area contributed by atoms with E-state index < -0.39 is 5.92 Å². The first-order valence-corrected chi connectivity index (χ1v) is 14.1. The van der Waals surface area contributed by atoms with Gasteiger partial charge in [0, 0.05) is 27.7 Å². The number of benzene rings is 3. The molecule has 1 aliphatic carbocycles. The van der Waals surface area contributed by atoms with E-state index in [1.165, 1.54) is 0 Å². The number of ketones is 1. The molecule has 0 saturated carbocycles. The number of para-hydroxylation sites is 1. The van der Waals surface area contributed by atoms with E-state index in [0.717, 1.165) is 38.2 Å². The molecule has 2 aliphatic rings. The van der Waals surface area contributed by atoms with Gasteiger partial charge in [-0.3, -0.25) is 9.69 Å². The number of hydrogen-bond donors (Lipinski definition) is 1. The molecular weight excluding hydrogens is 597 g/mol. The third-order valence-electron chi connectivity index (χ3n) is 7.25. The monoisotopic (exact) mass is 621 g/mol. The van der Waals surface area contributed by atoms with Crippen molar-refractivity contribution in [1.82, 2.24) is 0 Å². The van der Waals surface area contributed by atoms with Gasteiger partial charge in [-0.2, -0.15) is 5.26 Å². The zero-order chi connectivity index (χ0) is 27.8. The lowest BCUT2D eigenvalue weighted by Gasteiger charge is -2.40. The topological polar surface area (TPSA) is 79.3 Å². The maximum atomic E-state index is 13.6. The van der Waals surface area contributed by atoms with E-state index in [4.69, 9.17) is 33.7 Å². The lowest BCUT2D eigenvalue weighted by molar-refractivity contribution is -0.116. The summed E-state index contributed by atoms with van der Waals surface area (Å²) in [7, 11) is 0. The van der Waals surface area contributed by atoms with Crippen LogP contribution in [0.3, 0.4) is 0 Å². The molecule has 0 fully saturated rings. The molecule has 1 heterocycles. The molecule has 1 unspecified atom stereocenters. The first kappa shape index (κ1) is 27.3. The maximum Gasteiger partial charge on any atom is 0.161 e. The summed E-state index contributed by atoms with van der Waals surface area (Å²) in [6.07, 6.45) is 1.76. The van der Waals surface area contributed by atoms with Crippen LogP contribution in [0.2, 0.25) is 10.0 Å². The number of carbonyl (C=O) groups is 1. The Labute approximate surface area is 246 Å². The van der Waals surface area contributed by atoms with Crippen molar-refractivity contribution in [2.24, 2.45) is 5.73 Å². The van der Waals surface area contributed by atoms with Crippen LogP contribution in [0.15, 0.2) is 81.7 Å². The van der Waals surface area contributed by atoms with Gasteiger partial charge >= 0.3 is 0 Å². The Morgan fingerprint density at radius 2 is 1.82 bits per heavy atom. The van der Waals surface area contributed by atoms with Gasteiger partial charge in [-0.25, -0.2) is 0 Å². The molecular formula is C31H26BrCl2N3O2. The van der Waals surface area contributed by atoms with Gasteiger partial charge in [-0.15, -0.1) is 0 Å². The third-order valence-corrected chi connectivity index (χ3v) is 8.34. The Morgan fingerprint density at radius 1 is 1.10 bits per heavy atom. The Bertz CT molecular complexity index is 1590. The molecule has 0 radical (unpaired) electrons. The van der Waals surface area contributed by atoms with E-state index in [0.29, 0.717) is 52.7 Å². The van der Waals surface area contributed by atoms with Crippen LogP contribution in [0.5, 0.6) is 5.75 Å². The number of nitrogens with zero attached hydrogens (tertiary/aromatic N) is 2. The number of anilines is 1. The molecule has 0 bridgehead atoms. The van der Waals surface area contributed by atoms with E-state index in [1.54, 1.807) is 23.1 Å². The van der Waals surface area contributed by atoms with Gasteiger partial charge in [0.1, 0.15) is 18.2 Å². The van der Waals surface area contributed by atoms with Crippen LogP contribution in [-0.2, 0) is 11.4 Å². The molecule has 5 nitrogen and oxygen atoms in total. The van der Waals surface area contributed by atoms with Gasteiger partial charge in [0.15, 0.2) is 5.78 Å². The van der Waals surface area contributed by atoms with Crippen molar-refractivity contribution < 1.29 is 9.53 Å². The molecule has 3 aromatic rings. The highest BCUT2D eigenvalue weighted by molar-refractivity contribution is 9.10. The van der Waals surface area contributed by atoms with Gasteiger partial charge in [0.25, 0.3) is 0 Å². The number of aryl methyl sites for hydroxylation is 1. The second kappa shape index (κ2) is 11.1. The summed E-state index contributed by atoms with van der Waals surface area (Å²) in [5.41, 5.74) is 12.9. The van der Waals surface area contributed by atoms with Crippen molar-refractivity contribution in [1.29, 1.82) is 5.26 Å². The number of halogens is 3. The Hall–Kier alpha value is -3.24. The maximum absolute atomic E-state index is 13.6. The van der Waals surface area contributed by atoms with Gasteiger partial charge < -0.3 is 10.5 Å². The quantitative estimate of drug-likeness (QED) is 0.310. The molecule has 198 valence electrons. The van der Waals surface area contributed by atoms with E-state index in [9.17, 15) is 10.1 Å². The zero-order valence-electron chi connectivity index (χ0n) is 21.5. The summed E-state index contributed by atoms with van der Waals surface area (Å²) >= 11 is 16.2. The molecule has 5 rings (SSSR count). The number of hydrogen-bond acceptors (Lipinski definition) is 5. The van der Waals surface area contributed by atoms with E-state index >= 15 is 0 Å². The van der Waals surface area contributed by atoms with Crippen molar-refractivity contribution in [3.05, 3.63) is 114 Å². The Kier molecular flexibility index (Phi) is 7.77. The van der Waals surface area contributed by atoms with Crippen LogP contribution in [0, 0.1) is 25.2 Å². The zero-order valence-corrected chi connectivity index (χ0v) is 24.6. The molecule has 1 atom stereocenters. The van der Waals surface area contributed by atoms with E-state index in [1.807, 2.05) is 44.2 Å². The second-order valence-electron chi connectivity index (χ2n) is 9.80. The van der Waals surface area contributed by atoms with Crippen LogP contribution >= 0.6 is 39.1 Å². The van der Waals surface area contributed by atoms with Gasteiger partial charge in [-0.1, -0.05) is 53.0 Å². The SMILES string of the molecule is Cc1cc(COc2ccccc2Br)c(C)c(C2C(C#N)=C(N)N(c3cc(Cl)cc(Cl)c3)C3=C2C(=O)CCC3)c1. The molecule has 8 heteroatoms. The predicted octanol–water partition coefficient (Wildman–Crippen LogP) is 8.26. The van der Waals surface area contributed by atoms with Gasteiger partial charge in [-0.05, 0) is 89.6 Å². The lowest BCUT2D eigenvalue weighted by atomic mass is 9.73. The van der Waals surface area contributed by atoms with E-state index in [2.05, 4.69) is 28.1 Å². The molecule has 1 aliphatic heterocycles. The molecule has 0 aromatic heterocycles. The minimum Gasteiger partial charge on any atom is -0.488 e. The van der Waals surface area contributed by atoms with Crippen molar-refractivity contribution in [3.8, 4) is 11.8 Å². The minimum atomic E-state index is -0.578. The third kappa shape index (κ3) is 5.19. The fraction of sp³-hybridized carbons (Fsp3) is 0.226. The highest BCUT2D eigenvalue weighted by Crippen LogP contribution is 2.48. The average Bonchev–Trinajstić information content (AvgIpc) is 2.88. The average molecular weight is 623 g/mol. The summed E-state index contributed by atoms with van der Waals surface area (Å²) in [6, 6.07) is 19.3. The fourth-order valence-corrected chi connectivity index (χ4v) is 6.41. The van der Waals surface area contributed by atoms with E-state index in [-0.39, 0.29) is 11.6 Å². The predicted molar refractivity (Wildman–Crippen MR) is 159 cm³/mol. The summed E-state index contributed by atoms with van der Waals surface area (Å²) in [4.78, 5) is 15.4. The number of nitriles is 1. The summed E-state index contributed by atoms with van der Waals surface area (Å²) < 4.78 is 7.01. The summed E-state index contributed by atoms with van der Waals surface area (Å²) in [6.45, 7) is 4.35. The first-order chi connectivity index (χ1) is 18.7. The molecule has 0 amide bonds. The lowest BCUT2D eigenvalue weighted by Crippen LogP contribution is -2.39. The van der Waals surface area contributed by atoms with Crippen LogP contribution in [-0.4, -0.2) is 5.78 Å². The number of rotatable bonds is 5. The number of ether oxygens (including phenoxy) is 1. The number of nitrogens with two attached hydrogens (primary N) is 1. The highest BCUT2D eigenvalue weighted by atomic mass is 79.9. The molecule has 2 N–H and O–H groups in total. The molecule has 3 aromatic carbocycles. The molecule has 0 spiro atoms. The number of carbonyl (C=O) groups excluding carboxylic acids is 1. The second-order valence-corrected chi connectivity index (χ2v) is 11.5. The highest BCUT2D eigenvalue weighted by Gasteiger charge is 2.41. The standard InChI is InChI=1S/C31H26BrCl2N3O2/c1-17-10-19(16-39-28-9-4-3-6-25(28)32)18(2)23(11-17)29-24(15-35)31(36)37(22-13-20(33)12-21(34)14-22)26-7-5-8-27(38)30(26)29/h3-4,6,9-14,29H,5,7-8,16,36H2,1-2H3. The Balaban J connectivity index is 1.66. The smallest absolute Gasteiger partial charge is 0.161 e. The van der Waals surface area contributed by atoms with Crippen LogP contribution < -0.4 is 15.4 Å². The molecule has 39 heavy (non-hydrogen) atoms. The van der Waals surface area contributed by atoms with Crippen LogP contribution in [0.4, 0.5) is 5.69 Å². The number of Topliss-reactive ketones (excluding diaryl/α,β-unsaturated/α-hetero) is 1. The van der Waals surface area contributed by atoms with Crippen molar-refractivity contribution in [2.45, 2.75) is 45.6 Å².